The third-order valence-corrected chi connectivity index (χ3v) is 2.19. The molecule has 0 aliphatic heterocycles. The average Bonchev–Trinajstić information content (AvgIpc) is 2.76. The van der Waals surface area contributed by atoms with Crippen molar-refractivity contribution in [2.45, 2.75) is 26.4 Å². The van der Waals surface area contributed by atoms with Crippen molar-refractivity contribution >= 4 is 17.8 Å². The van der Waals surface area contributed by atoms with Crippen LogP contribution in [-0.2, 0) is 20.9 Å². The zero-order valence-electron chi connectivity index (χ0n) is 10.6. The first-order valence-corrected chi connectivity index (χ1v) is 5.63. The molecule has 1 unspecified atom stereocenters. The zero-order chi connectivity index (χ0) is 14.4. The van der Waals surface area contributed by atoms with E-state index in [1.807, 2.05) is 0 Å². The van der Waals surface area contributed by atoms with Crippen LogP contribution in [0.4, 0.5) is 0 Å². The Bertz CT molecular complexity index is 482. The molecule has 0 aromatic carbocycles. The van der Waals surface area contributed by atoms with E-state index in [1.165, 1.54) is 24.0 Å². The first-order valence-electron chi connectivity index (χ1n) is 5.63. The quantitative estimate of drug-likeness (QED) is 0.683. The molecule has 1 rings (SSSR count). The van der Waals surface area contributed by atoms with Crippen molar-refractivity contribution in [3.05, 3.63) is 18.0 Å². The monoisotopic (exact) mass is 269 g/mol. The van der Waals surface area contributed by atoms with Crippen LogP contribution in [0.15, 0.2) is 12.4 Å². The van der Waals surface area contributed by atoms with E-state index in [1.54, 1.807) is 6.92 Å². The lowest BCUT2D eigenvalue weighted by Gasteiger charge is -2.12. The van der Waals surface area contributed by atoms with Crippen molar-refractivity contribution in [2.75, 3.05) is 6.61 Å². The minimum Gasteiger partial charge on any atom is -0.480 e. The van der Waals surface area contributed by atoms with E-state index in [4.69, 9.17) is 9.84 Å². The third-order valence-electron chi connectivity index (χ3n) is 2.19. The first-order chi connectivity index (χ1) is 8.93. The van der Waals surface area contributed by atoms with Crippen molar-refractivity contribution in [2.24, 2.45) is 0 Å². The smallest absolute Gasteiger partial charge is 0.341 e. The SMILES string of the molecule is CCOC(=O)c1cnn(CC(NC(C)=O)C(=O)O)c1. The molecule has 0 saturated carbocycles. The fourth-order valence-corrected chi connectivity index (χ4v) is 1.40. The average molecular weight is 269 g/mol. The summed E-state index contributed by atoms with van der Waals surface area (Å²) in [6, 6.07) is -1.10. The summed E-state index contributed by atoms with van der Waals surface area (Å²) < 4.78 is 6.04. The molecule has 104 valence electrons. The summed E-state index contributed by atoms with van der Waals surface area (Å²) in [6.45, 7) is 3.07. The van der Waals surface area contributed by atoms with E-state index in [0.717, 1.165) is 0 Å². The van der Waals surface area contributed by atoms with Crippen molar-refractivity contribution < 1.29 is 24.2 Å². The number of nitrogens with zero attached hydrogens (tertiary/aromatic N) is 2. The van der Waals surface area contributed by atoms with Gasteiger partial charge in [0.1, 0.15) is 6.04 Å². The lowest BCUT2D eigenvalue weighted by Crippen LogP contribution is -2.42. The van der Waals surface area contributed by atoms with E-state index in [2.05, 4.69) is 10.4 Å². The molecule has 0 aliphatic carbocycles. The number of carbonyl (C=O) groups is 3. The predicted molar refractivity (Wildman–Crippen MR) is 63.4 cm³/mol. The van der Waals surface area contributed by atoms with Gasteiger partial charge in [-0.15, -0.1) is 0 Å². The Morgan fingerprint density at radius 2 is 2.21 bits per heavy atom. The van der Waals surface area contributed by atoms with E-state index >= 15 is 0 Å². The number of carboxylic acids is 1. The maximum Gasteiger partial charge on any atom is 0.341 e. The van der Waals surface area contributed by atoms with Crippen LogP contribution in [0.1, 0.15) is 24.2 Å². The van der Waals surface area contributed by atoms with Crippen LogP contribution < -0.4 is 5.32 Å². The highest BCUT2D eigenvalue weighted by molar-refractivity contribution is 5.88. The molecule has 0 spiro atoms. The highest BCUT2D eigenvalue weighted by Gasteiger charge is 2.20. The largest absolute Gasteiger partial charge is 0.480 e. The summed E-state index contributed by atoms with van der Waals surface area (Å²) in [7, 11) is 0. The molecule has 1 amide bonds. The lowest BCUT2D eigenvalue weighted by atomic mass is 10.3. The molecular weight excluding hydrogens is 254 g/mol. The summed E-state index contributed by atoms with van der Waals surface area (Å²) in [6.07, 6.45) is 2.65. The van der Waals surface area contributed by atoms with Gasteiger partial charge in [-0.1, -0.05) is 0 Å². The van der Waals surface area contributed by atoms with Crippen molar-refractivity contribution in [1.29, 1.82) is 0 Å². The summed E-state index contributed by atoms with van der Waals surface area (Å²) in [5.74, 6) is -2.16. The number of hydrogen-bond donors (Lipinski definition) is 2. The number of aromatic nitrogens is 2. The summed E-state index contributed by atoms with van der Waals surface area (Å²) in [5.41, 5.74) is 0.230. The second kappa shape index (κ2) is 6.53. The Kier molecular flexibility index (Phi) is 5.04. The van der Waals surface area contributed by atoms with Gasteiger partial charge in [-0.25, -0.2) is 9.59 Å². The van der Waals surface area contributed by atoms with Crippen LogP contribution >= 0.6 is 0 Å². The Morgan fingerprint density at radius 1 is 1.53 bits per heavy atom. The normalized spacial score (nSPS) is 11.7. The predicted octanol–water partition coefficient (Wildman–Crippen LogP) is -0.351. The second-order valence-corrected chi connectivity index (χ2v) is 3.76. The topological polar surface area (TPSA) is 111 Å². The number of esters is 1. The molecule has 8 heteroatoms. The lowest BCUT2D eigenvalue weighted by molar-refractivity contribution is -0.142. The molecule has 0 fully saturated rings. The van der Waals surface area contributed by atoms with E-state index in [9.17, 15) is 14.4 Å². The summed E-state index contributed by atoms with van der Waals surface area (Å²) in [5, 5.41) is 15.1. The maximum atomic E-state index is 11.4. The van der Waals surface area contributed by atoms with Gasteiger partial charge in [0.15, 0.2) is 0 Å². The maximum absolute atomic E-state index is 11.4. The van der Waals surface area contributed by atoms with Crippen LogP contribution in [0.3, 0.4) is 0 Å². The van der Waals surface area contributed by atoms with Gasteiger partial charge < -0.3 is 15.2 Å². The minimum atomic E-state index is -1.18. The van der Waals surface area contributed by atoms with Crippen molar-refractivity contribution in [3.63, 3.8) is 0 Å². The molecule has 1 atom stereocenters. The summed E-state index contributed by atoms with van der Waals surface area (Å²) in [4.78, 5) is 33.2. The molecule has 0 saturated heterocycles. The van der Waals surface area contributed by atoms with Gasteiger partial charge >= 0.3 is 11.9 Å². The number of nitrogens with one attached hydrogen (secondary N) is 1. The van der Waals surface area contributed by atoms with Crippen LogP contribution in [-0.4, -0.2) is 45.4 Å². The number of carbonyl (C=O) groups excluding carboxylic acids is 2. The highest BCUT2D eigenvalue weighted by Crippen LogP contribution is 2.02. The van der Waals surface area contributed by atoms with Crippen LogP contribution in [0, 0.1) is 0 Å². The molecule has 0 bridgehead atoms. The van der Waals surface area contributed by atoms with Crippen LogP contribution in [0.5, 0.6) is 0 Å². The standard InChI is InChI=1S/C11H15N3O5/c1-3-19-11(18)8-4-12-14(5-8)6-9(10(16)17)13-7(2)15/h4-5,9H,3,6H2,1-2H3,(H,13,15)(H,16,17). The zero-order valence-corrected chi connectivity index (χ0v) is 10.6. The molecule has 0 aliphatic rings. The Balaban J connectivity index is 2.72. The van der Waals surface area contributed by atoms with Crippen molar-refractivity contribution in [1.82, 2.24) is 15.1 Å². The number of rotatable bonds is 6. The number of aliphatic carboxylic acids is 1. The fourth-order valence-electron chi connectivity index (χ4n) is 1.40. The van der Waals surface area contributed by atoms with Crippen molar-refractivity contribution in [3.8, 4) is 0 Å². The highest BCUT2D eigenvalue weighted by atomic mass is 16.5. The molecule has 2 N–H and O–H groups in total. The fraction of sp³-hybridized carbons (Fsp3) is 0.455. The van der Waals surface area contributed by atoms with Gasteiger partial charge in [0.25, 0.3) is 0 Å². The van der Waals surface area contributed by atoms with E-state index < -0.39 is 23.9 Å². The molecule has 1 heterocycles. The number of ether oxygens (including phenoxy) is 1. The molecule has 1 aromatic heterocycles. The molecular formula is C11H15N3O5. The molecule has 8 nitrogen and oxygen atoms in total. The third kappa shape index (κ3) is 4.41. The number of hydrogen-bond acceptors (Lipinski definition) is 5. The Labute approximate surface area is 109 Å². The first kappa shape index (κ1) is 14.7. The van der Waals surface area contributed by atoms with Gasteiger partial charge in [-0.2, -0.15) is 5.10 Å². The molecule has 0 radical (unpaired) electrons. The molecule has 1 aromatic rings. The van der Waals surface area contributed by atoms with Crippen LogP contribution in [0.2, 0.25) is 0 Å². The minimum absolute atomic E-state index is 0.0751. The second-order valence-electron chi connectivity index (χ2n) is 3.76. The Morgan fingerprint density at radius 3 is 2.74 bits per heavy atom. The van der Waals surface area contributed by atoms with E-state index in [0.29, 0.717) is 0 Å². The number of amides is 1. The van der Waals surface area contributed by atoms with E-state index in [-0.39, 0.29) is 18.7 Å². The van der Waals surface area contributed by atoms with Gasteiger partial charge in [-0.05, 0) is 6.92 Å². The van der Waals surface area contributed by atoms with Gasteiger partial charge in [0.2, 0.25) is 5.91 Å². The van der Waals surface area contributed by atoms with Crippen LogP contribution in [0.25, 0.3) is 0 Å². The Hall–Kier alpha value is -2.38. The van der Waals surface area contributed by atoms with Gasteiger partial charge in [0.05, 0.1) is 24.9 Å². The van der Waals surface area contributed by atoms with Gasteiger partial charge in [0, 0.05) is 13.1 Å². The summed E-state index contributed by atoms with van der Waals surface area (Å²) >= 11 is 0. The van der Waals surface area contributed by atoms with Gasteiger partial charge in [-0.3, -0.25) is 9.48 Å². The number of carboxylic acid groups (broad SMARTS) is 1. The molecule has 19 heavy (non-hydrogen) atoms.